The zero-order valence-electron chi connectivity index (χ0n) is 31.8. The van der Waals surface area contributed by atoms with Gasteiger partial charge >= 0.3 is 12.2 Å². The summed E-state index contributed by atoms with van der Waals surface area (Å²) in [5.41, 5.74) is 4.33. The van der Waals surface area contributed by atoms with Gasteiger partial charge in [0.2, 0.25) is 0 Å². The van der Waals surface area contributed by atoms with Crippen molar-refractivity contribution in [1.82, 2.24) is 45.0 Å². The van der Waals surface area contributed by atoms with Gasteiger partial charge in [0.15, 0.2) is 12.4 Å². The van der Waals surface area contributed by atoms with Crippen LogP contribution in [-0.4, -0.2) is 127 Å². The molecule has 3 aromatic heterocycles. The highest BCUT2D eigenvalue weighted by molar-refractivity contribution is 6.12. The lowest BCUT2D eigenvalue weighted by Crippen LogP contribution is -2.62. The molecule has 57 heavy (non-hydrogen) atoms. The van der Waals surface area contributed by atoms with Gasteiger partial charge in [0, 0.05) is 67.6 Å². The van der Waals surface area contributed by atoms with Crippen molar-refractivity contribution in [1.29, 1.82) is 0 Å². The third-order valence-electron chi connectivity index (χ3n) is 12.0. The van der Waals surface area contributed by atoms with Crippen LogP contribution in [0.2, 0.25) is 0 Å². The molecule has 1 spiro atoms. The van der Waals surface area contributed by atoms with Gasteiger partial charge in [-0.1, -0.05) is 17.9 Å². The Morgan fingerprint density at radius 2 is 1.82 bits per heavy atom. The molecule has 1 saturated carbocycles. The molecule has 0 bridgehead atoms. The molecule has 6 heterocycles. The van der Waals surface area contributed by atoms with E-state index in [4.69, 9.17) is 19.4 Å². The van der Waals surface area contributed by atoms with E-state index in [2.05, 4.69) is 43.0 Å². The molecular weight excluding hydrogens is 741 g/mol. The number of rotatable bonds is 11. The van der Waals surface area contributed by atoms with Crippen LogP contribution in [0.5, 0.6) is 11.8 Å². The van der Waals surface area contributed by atoms with Gasteiger partial charge in [0.25, 0.3) is 5.91 Å². The number of piperidine rings is 2. The van der Waals surface area contributed by atoms with Gasteiger partial charge in [-0.3, -0.25) is 9.89 Å². The molecule has 17 heteroatoms. The molecule has 1 aliphatic carbocycles. The molecule has 9 rings (SSSR count). The molecule has 14 nitrogen and oxygen atoms in total. The number of halogens is 3. The van der Waals surface area contributed by atoms with Crippen molar-refractivity contribution in [3.05, 3.63) is 54.5 Å². The fourth-order valence-electron chi connectivity index (χ4n) is 8.83. The van der Waals surface area contributed by atoms with E-state index in [0.29, 0.717) is 62.3 Å². The number of benzene rings is 2. The standard InChI is InChI=1S/C40H45F3N10O4/c1-24-3-6-31-30(20-45-48-31)32(24)33-28(26-4-5-26)19-29-34(35(33)56-23-40(41,42)43)46-38(57-27-7-12-50(13-8-27)17-18-54)47-36(29)51-14-9-39(10-15-51)21-52(22-39)37(55)25(2)53-16-11-44-49-53/h3,6,11,16,19-20,26-27,54H,2,4-5,7-10,12-15,17-18,21-23H2,1H3,(H,45,48). The minimum atomic E-state index is -4.60. The molecule has 5 aromatic rings. The Balaban J connectivity index is 1.11. The Hall–Kier alpha value is -5.29. The highest BCUT2D eigenvalue weighted by Crippen LogP contribution is 2.53. The monoisotopic (exact) mass is 786 g/mol. The van der Waals surface area contributed by atoms with Crippen LogP contribution >= 0.6 is 0 Å². The molecule has 0 radical (unpaired) electrons. The molecule has 3 saturated heterocycles. The largest absolute Gasteiger partial charge is 0.481 e. The van der Waals surface area contributed by atoms with Crippen LogP contribution < -0.4 is 14.4 Å². The van der Waals surface area contributed by atoms with Crippen molar-refractivity contribution in [2.45, 2.75) is 63.6 Å². The van der Waals surface area contributed by atoms with Crippen molar-refractivity contribution in [3.8, 4) is 22.9 Å². The van der Waals surface area contributed by atoms with Crippen molar-refractivity contribution in [2.24, 2.45) is 5.41 Å². The van der Waals surface area contributed by atoms with E-state index in [9.17, 15) is 23.1 Å². The maximum absolute atomic E-state index is 14.1. The first-order valence-corrected chi connectivity index (χ1v) is 19.6. The average Bonchev–Trinajstić information content (AvgIpc) is 3.65. The minimum Gasteiger partial charge on any atom is -0.481 e. The van der Waals surface area contributed by atoms with Gasteiger partial charge in [-0.05, 0) is 80.2 Å². The molecule has 2 aromatic carbocycles. The Bertz CT molecular complexity index is 2300. The number of aliphatic hydroxyl groups is 1. The summed E-state index contributed by atoms with van der Waals surface area (Å²) in [7, 11) is 0. The number of amides is 1. The third kappa shape index (κ3) is 7.26. The quantitative estimate of drug-likeness (QED) is 0.167. The first-order valence-electron chi connectivity index (χ1n) is 19.6. The number of hydrogen-bond acceptors (Lipinski definition) is 11. The maximum Gasteiger partial charge on any atom is 0.422 e. The van der Waals surface area contributed by atoms with Crippen LogP contribution in [0.25, 0.3) is 38.6 Å². The number of nitrogens with one attached hydrogen (secondary N) is 1. The molecule has 300 valence electrons. The number of carbonyl (C=O) groups excluding carboxylic acids is 1. The fourth-order valence-corrected chi connectivity index (χ4v) is 8.83. The van der Waals surface area contributed by atoms with Crippen molar-refractivity contribution in [3.63, 3.8) is 0 Å². The van der Waals surface area contributed by atoms with Gasteiger partial charge in [0.1, 0.15) is 23.1 Å². The molecule has 4 aliphatic rings. The number of ether oxygens (including phenoxy) is 2. The molecule has 1 amide bonds. The van der Waals surface area contributed by atoms with Crippen LogP contribution in [0.4, 0.5) is 19.0 Å². The lowest BCUT2D eigenvalue weighted by molar-refractivity contribution is -0.153. The minimum absolute atomic E-state index is 0.0593. The highest BCUT2D eigenvalue weighted by Gasteiger charge is 2.48. The summed E-state index contributed by atoms with van der Waals surface area (Å²) in [6, 6.07) is 6.01. The maximum atomic E-state index is 14.1. The fraction of sp³-hybridized carbons (Fsp3) is 0.500. The molecule has 3 aliphatic heterocycles. The van der Waals surface area contributed by atoms with E-state index in [1.807, 2.05) is 19.1 Å². The predicted molar refractivity (Wildman–Crippen MR) is 206 cm³/mol. The Labute approximate surface area is 326 Å². The Morgan fingerprint density at radius 1 is 1.05 bits per heavy atom. The van der Waals surface area contributed by atoms with Gasteiger partial charge in [-0.2, -0.15) is 28.2 Å². The lowest BCUT2D eigenvalue weighted by atomic mass is 9.72. The average molecular weight is 787 g/mol. The Kier molecular flexibility index (Phi) is 9.54. The van der Waals surface area contributed by atoms with Crippen LogP contribution in [-0.2, 0) is 4.79 Å². The summed E-state index contributed by atoms with van der Waals surface area (Å²) in [5, 5.41) is 25.8. The summed E-state index contributed by atoms with van der Waals surface area (Å²) in [5.74, 6) is 0.597. The molecule has 2 N–H and O–H groups in total. The number of H-pyrrole nitrogens is 1. The van der Waals surface area contributed by atoms with Crippen LogP contribution in [0.15, 0.2) is 43.4 Å². The molecule has 4 fully saturated rings. The zero-order chi connectivity index (χ0) is 39.5. The number of likely N-dealkylation sites (tertiary alicyclic amines) is 2. The second-order valence-corrected chi connectivity index (χ2v) is 16.0. The Morgan fingerprint density at radius 3 is 2.51 bits per heavy atom. The van der Waals surface area contributed by atoms with Crippen molar-refractivity contribution >= 4 is 39.2 Å². The second-order valence-electron chi connectivity index (χ2n) is 16.0. The number of hydrogen-bond donors (Lipinski definition) is 2. The smallest absolute Gasteiger partial charge is 0.422 e. The summed E-state index contributed by atoms with van der Waals surface area (Å²) >= 11 is 0. The number of aryl methyl sites for hydroxylation is 1. The molecule has 0 atom stereocenters. The number of aromatic nitrogens is 7. The number of aromatic amines is 1. The van der Waals surface area contributed by atoms with Crippen LogP contribution in [0, 0.1) is 12.3 Å². The van der Waals surface area contributed by atoms with E-state index in [1.54, 1.807) is 17.3 Å². The zero-order valence-corrected chi connectivity index (χ0v) is 31.8. The van der Waals surface area contributed by atoms with Crippen molar-refractivity contribution < 1.29 is 32.5 Å². The first kappa shape index (κ1) is 37.3. The number of β-amino-alcohol motifs (C(OH)–C–C–N with tert-alkyl or cyclic N) is 1. The van der Waals surface area contributed by atoms with E-state index in [-0.39, 0.29) is 52.9 Å². The first-order chi connectivity index (χ1) is 27.5. The van der Waals surface area contributed by atoms with Crippen molar-refractivity contribution in [2.75, 3.05) is 63.9 Å². The number of nitrogens with zero attached hydrogens (tertiary/aromatic N) is 9. The summed E-state index contributed by atoms with van der Waals surface area (Å²) < 4.78 is 56.2. The third-order valence-corrected chi connectivity index (χ3v) is 12.0. The predicted octanol–water partition coefficient (Wildman–Crippen LogP) is 5.33. The van der Waals surface area contributed by atoms with Gasteiger partial charge < -0.3 is 29.3 Å². The molecule has 0 unspecified atom stereocenters. The van der Waals surface area contributed by atoms with E-state index >= 15 is 0 Å². The highest BCUT2D eigenvalue weighted by atomic mass is 19.4. The lowest BCUT2D eigenvalue weighted by Gasteiger charge is -2.54. The van der Waals surface area contributed by atoms with Gasteiger partial charge in [-0.25, -0.2) is 4.68 Å². The number of aliphatic hydroxyl groups excluding tert-OH is 1. The number of anilines is 1. The molecular formula is C40H45F3N10O4. The van der Waals surface area contributed by atoms with E-state index in [1.165, 1.54) is 10.9 Å². The second kappa shape index (κ2) is 14.6. The number of carbonyl (C=O) groups is 1. The van der Waals surface area contributed by atoms with Gasteiger partial charge in [-0.15, -0.1) is 5.10 Å². The summed E-state index contributed by atoms with van der Waals surface area (Å²) in [6.07, 6.45) is 4.72. The van der Waals surface area contributed by atoms with Crippen LogP contribution in [0.3, 0.4) is 0 Å². The normalized spacial score (nSPS) is 19.0. The summed E-state index contributed by atoms with van der Waals surface area (Å²) in [6.45, 7) is 8.90. The summed E-state index contributed by atoms with van der Waals surface area (Å²) in [4.78, 5) is 29.3. The number of fused-ring (bicyclic) bond motifs is 2. The van der Waals surface area contributed by atoms with Crippen LogP contribution in [0.1, 0.15) is 55.6 Å². The number of alkyl halides is 3. The van der Waals surface area contributed by atoms with E-state index in [0.717, 1.165) is 66.4 Å². The SMILES string of the molecule is C=C(C(=O)N1CC2(CCN(c3nc(OC4CCN(CCO)CC4)nc4c(OCC(F)(F)F)c(-c5c(C)ccc6[nH]ncc56)c(C5CC5)cc34)CC2)C1)n1ccnn1. The van der Waals surface area contributed by atoms with E-state index < -0.39 is 12.8 Å². The topological polar surface area (TPSA) is 151 Å². The van der Waals surface area contributed by atoms with Gasteiger partial charge in [0.05, 0.1) is 30.7 Å².